The summed E-state index contributed by atoms with van der Waals surface area (Å²) in [6, 6.07) is 12.0. The van der Waals surface area contributed by atoms with Crippen LogP contribution in [0.2, 0.25) is 0 Å². The number of halogens is 1. The minimum atomic E-state index is -1.14. The number of nitrogens with zero attached hydrogens (tertiary/aromatic N) is 2. The number of amides is 2. The van der Waals surface area contributed by atoms with Gasteiger partial charge in [0, 0.05) is 59.6 Å². The number of Topliss-reactive ketones (excluding diaryl/α,β-unsaturated/α-hetero) is 1. The Balaban J connectivity index is 0.00000506. The molecule has 0 radical (unpaired) electrons. The van der Waals surface area contributed by atoms with Crippen LogP contribution in [0.1, 0.15) is 75.9 Å². The SMILES string of the molecule is C.CC(=O)C(C)(NC(=O)C(C)C)c1ccc(C(=O)NCCCCN2CCCN(C3=CCSc4cc(F)ccc43)CC2)cc1. The van der Waals surface area contributed by atoms with E-state index in [1.165, 1.54) is 12.6 Å². The van der Waals surface area contributed by atoms with E-state index < -0.39 is 5.54 Å². The van der Waals surface area contributed by atoms with Gasteiger partial charge in [-0.2, -0.15) is 0 Å². The minimum Gasteiger partial charge on any atom is -0.370 e. The molecule has 0 aromatic heterocycles. The maximum atomic E-state index is 13.7. The highest BCUT2D eigenvalue weighted by Crippen LogP contribution is 2.36. The summed E-state index contributed by atoms with van der Waals surface area (Å²) in [5.41, 5.74) is 2.39. The molecule has 2 aliphatic rings. The highest BCUT2D eigenvalue weighted by molar-refractivity contribution is 7.99. The van der Waals surface area contributed by atoms with Crippen LogP contribution in [0, 0.1) is 11.7 Å². The van der Waals surface area contributed by atoms with Crippen LogP contribution in [0.15, 0.2) is 53.4 Å². The lowest BCUT2D eigenvalue weighted by Crippen LogP contribution is -2.50. The summed E-state index contributed by atoms with van der Waals surface area (Å²) in [7, 11) is 0. The molecule has 234 valence electrons. The first-order valence-corrected chi connectivity index (χ1v) is 15.9. The third-order valence-corrected chi connectivity index (χ3v) is 9.16. The highest BCUT2D eigenvalue weighted by Gasteiger charge is 2.34. The molecule has 0 saturated carbocycles. The van der Waals surface area contributed by atoms with E-state index in [4.69, 9.17) is 0 Å². The number of nitrogens with one attached hydrogen (secondary N) is 2. The molecule has 2 N–H and O–H groups in total. The summed E-state index contributed by atoms with van der Waals surface area (Å²) in [5, 5.41) is 5.85. The van der Waals surface area contributed by atoms with Crippen LogP contribution in [0.25, 0.3) is 5.70 Å². The first-order valence-electron chi connectivity index (χ1n) is 14.9. The Hall–Kier alpha value is -3.17. The Morgan fingerprint density at radius 3 is 2.47 bits per heavy atom. The molecule has 9 heteroatoms. The lowest BCUT2D eigenvalue weighted by Gasteiger charge is -2.30. The smallest absolute Gasteiger partial charge is 0.251 e. The largest absolute Gasteiger partial charge is 0.370 e. The van der Waals surface area contributed by atoms with Crippen molar-refractivity contribution in [3.05, 3.63) is 71.0 Å². The van der Waals surface area contributed by atoms with E-state index in [9.17, 15) is 18.8 Å². The predicted molar refractivity (Wildman–Crippen MR) is 173 cm³/mol. The van der Waals surface area contributed by atoms with Crippen LogP contribution in [0.4, 0.5) is 4.39 Å². The van der Waals surface area contributed by atoms with Crippen molar-refractivity contribution in [3.8, 4) is 0 Å². The van der Waals surface area contributed by atoms with Gasteiger partial charge in [0.25, 0.3) is 5.91 Å². The Labute approximate surface area is 260 Å². The maximum Gasteiger partial charge on any atom is 0.251 e. The summed E-state index contributed by atoms with van der Waals surface area (Å²) in [5.74, 6) is -0.0700. The van der Waals surface area contributed by atoms with Crippen molar-refractivity contribution in [2.45, 2.75) is 64.8 Å². The van der Waals surface area contributed by atoms with Gasteiger partial charge in [-0.15, -0.1) is 11.8 Å². The van der Waals surface area contributed by atoms with Crippen LogP contribution >= 0.6 is 11.8 Å². The zero-order valence-corrected chi connectivity index (χ0v) is 26.0. The first kappa shape index (κ1) is 34.3. The fourth-order valence-corrected chi connectivity index (χ4v) is 6.30. The fraction of sp³-hybridized carbons (Fsp3) is 0.500. The molecule has 0 aliphatic carbocycles. The summed E-state index contributed by atoms with van der Waals surface area (Å²) in [4.78, 5) is 43.4. The second-order valence-corrected chi connectivity index (χ2v) is 12.7. The van der Waals surface area contributed by atoms with E-state index >= 15 is 0 Å². The Kier molecular flexibility index (Phi) is 12.4. The van der Waals surface area contributed by atoms with E-state index in [2.05, 4.69) is 26.5 Å². The van der Waals surface area contributed by atoms with Crippen molar-refractivity contribution >= 4 is 35.1 Å². The molecule has 2 amide bonds. The van der Waals surface area contributed by atoms with Crippen LogP contribution < -0.4 is 10.6 Å². The number of hydrogen-bond donors (Lipinski definition) is 2. The fourth-order valence-electron chi connectivity index (χ4n) is 5.36. The van der Waals surface area contributed by atoms with Crippen molar-refractivity contribution in [3.63, 3.8) is 0 Å². The molecule has 1 atom stereocenters. The van der Waals surface area contributed by atoms with E-state index in [0.29, 0.717) is 17.7 Å². The van der Waals surface area contributed by atoms with Gasteiger partial charge < -0.3 is 20.4 Å². The molecular weight excluding hydrogens is 563 g/mol. The minimum absolute atomic E-state index is 0. The van der Waals surface area contributed by atoms with E-state index in [1.807, 2.05) is 6.07 Å². The maximum absolute atomic E-state index is 13.7. The monoisotopic (exact) mass is 610 g/mol. The second kappa shape index (κ2) is 15.5. The molecule has 1 saturated heterocycles. The zero-order chi connectivity index (χ0) is 30.3. The van der Waals surface area contributed by atoms with Crippen molar-refractivity contribution < 1.29 is 18.8 Å². The van der Waals surface area contributed by atoms with Crippen molar-refractivity contribution in [2.75, 3.05) is 45.0 Å². The van der Waals surface area contributed by atoms with E-state index in [0.717, 1.165) is 68.2 Å². The van der Waals surface area contributed by atoms with Gasteiger partial charge in [0.15, 0.2) is 5.78 Å². The van der Waals surface area contributed by atoms with Crippen LogP contribution in [0.5, 0.6) is 0 Å². The Morgan fingerprint density at radius 1 is 1.02 bits per heavy atom. The van der Waals surface area contributed by atoms with Gasteiger partial charge in [0.05, 0.1) is 0 Å². The number of carbonyl (C=O) groups is 3. The molecule has 0 spiro atoms. The Morgan fingerprint density at radius 2 is 1.77 bits per heavy atom. The normalized spacial score (nSPS) is 16.7. The first-order chi connectivity index (χ1) is 20.1. The van der Waals surface area contributed by atoms with Crippen molar-refractivity contribution in [1.29, 1.82) is 0 Å². The number of hydrogen-bond acceptors (Lipinski definition) is 6. The number of thioether (sulfide) groups is 1. The van der Waals surface area contributed by atoms with Crippen LogP contribution in [0.3, 0.4) is 0 Å². The number of ketones is 1. The predicted octanol–water partition coefficient (Wildman–Crippen LogP) is 5.70. The van der Waals surface area contributed by atoms with Gasteiger partial charge in [-0.3, -0.25) is 14.4 Å². The molecule has 0 bridgehead atoms. The molecule has 2 aliphatic heterocycles. The van der Waals surface area contributed by atoms with Crippen molar-refractivity contribution in [2.24, 2.45) is 5.92 Å². The number of carbonyl (C=O) groups excluding carboxylic acids is 3. The molecule has 2 aromatic rings. The summed E-state index contributed by atoms with van der Waals surface area (Å²) in [6.07, 6.45) is 5.23. The molecule has 1 unspecified atom stereocenters. The standard InChI is InChI=1S/C33H43FN4O3S.CH4/c1-23(2)31(40)36-33(4,24(3)39)26-10-8-25(9-11-26)32(41)35-15-5-6-16-37-17-7-18-38(20-19-37)29-14-21-42-30-22-27(34)12-13-28(29)30;/h8-14,22-23H,5-7,15-21H2,1-4H3,(H,35,41)(H,36,40);1H4. The average Bonchev–Trinajstić information content (AvgIpc) is 3.21. The van der Waals surface area contributed by atoms with Gasteiger partial charge in [-0.1, -0.05) is 39.5 Å². The van der Waals surface area contributed by atoms with Gasteiger partial charge >= 0.3 is 0 Å². The molecule has 7 nitrogen and oxygen atoms in total. The molecule has 2 heterocycles. The lowest BCUT2D eigenvalue weighted by atomic mass is 9.87. The molecule has 2 aromatic carbocycles. The zero-order valence-electron chi connectivity index (χ0n) is 25.2. The number of rotatable bonds is 11. The summed E-state index contributed by atoms with van der Waals surface area (Å²) in [6.45, 7) is 12.3. The molecule has 1 fully saturated rings. The third kappa shape index (κ3) is 8.70. The number of unbranched alkanes of at least 4 members (excludes halogenated alkanes) is 1. The van der Waals surface area contributed by atoms with Crippen LogP contribution in [-0.2, 0) is 15.1 Å². The van der Waals surface area contributed by atoms with E-state index in [-0.39, 0.29) is 36.8 Å². The Bertz CT molecular complexity index is 1310. The quantitative estimate of drug-likeness (QED) is 0.318. The lowest BCUT2D eigenvalue weighted by molar-refractivity contribution is -0.132. The summed E-state index contributed by atoms with van der Waals surface area (Å²) < 4.78 is 13.7. The summed E-state index contributed by atoms with van der Waals surface area (Å²) >= 11 is 1.69. The van der Waals surface area contributed by atoms with E-state index in [1.54, 1.807) is 68.9 Å². The number of fused-ring (bicyclic) bond motifs is 1. The average molecular weight is 611 g/mol. The van der Waals surface area contributed by atoms with Crippen molar-refractivity contribution in [1.82, 2.24) is 20.4 Å². The van der Waals surface area contributed by atoms with Gasteiger partial charge in [0.1, 0.15) is 11.4 Å². The van der Waals surface area contributed by atoms with Crippen LogP contribution in [-0.4, -0.2) is 72.4 Å². The number of benzene rings is 2. The molecule has 4 rings (SSSR count). The van der Waals surface area contributed by atoms with Gasteiger partial charge in [-0.05, 0) is 82.1 Å². The van der Waals surface area contributed by atoms with Gasteiger partial charge in [0.2, 0.25) is 5.91 Å². The molecular formula is C34H47FN4O3S. The highest BCUT2D eigenvalue weighted by atomic mass is 32.2. The second-order valence-electron chi connectivity index (χ2n) is 11.6. The molecule has 43 heavy (non-hydrogen) atoms. The van der Waals surface area contributed by atoms with Gasteiger partial charge in [-0.25, -0.2) is 4.39 Å². The topological polar surface area (TPSA) is 81.7 Å². The third-order valence-electron chi connectivity index (χ3n) is 8.18.